The molecule has 0 heterocycles. The maximum absolute atomic E-state index is 11.5. The van der Waals surface area contributed by atoms with E-state index in [1.165, 1.54) is 0 Å². The van der Waals surface area contributed by atoms with E-state index in [4.69, 9.17) is 15.6 Å². The molecule has 0 fully saturated rings. The van der Waals surface area contributed by atoms with Crippen LogP contribution in [0.2, 0.25) is 0 Å². The van der Waals surface area contributed by atoms with Gasteiger partial charge in [-0.2, -0.15) is 0 Å². The minimum Gasteiger partial charge on any atom is -0.489 e. The van der Waals surface area contributed by atoms with Crippen LogP contribution in [0.4, 0.5) is 5.69 Å². The summed E-state index contributed by atoms with van der Waals surface area (Å²) < 4.78 is 5.20. The molecule has 5 heteroatoms. The highest BCUT2D eigenvalue weighted by Gasteiger charge is 2.08. The summed E-state index contributed by atoms with van der Waals surface area (Å²) in [6.07, 6.45) is 0. The largest absolute Gasteiger partial charge is 0.489 e. The van der Waals surface area contributed by atoms with E-state index in [1.807, 2.05) is 6.92 Å². The highest BCUT2D eigenvalue weighted by Crippen LogP contribution is 2.22. The van der Waals surface area contributed by atoms with E-state index < -0.39 is 0 Å². The quantitative estimate of drug-likeness (QED) is 0.632. The third kappa shape index (κ3) is 3.13. The van der Waals surface area contributed by atoms with Crippen molar-refractivity contribution in [3.05, 3.63) is 23.8 Å². The van der Waals surface area contributed by atoms with Gasteiger partial charge in [-0.05, 0) is 25.1 Å². The van der Waals surface area contributed by atoms with Crippen LogP contribution in [-0.2, 0) is 0 Å². The zero-order valence-corrected chi connectivity index (χ0v) is 9.19. The number of nitrogens with two attached hydrogens (primary N) is 1. The fraction of sp³-hybridized carbons (Fsp3) is 0.364. The van der Waals surface area contributed by atoms with Crippen molar-refractivity contribution < 1.29 is 14.6 Å². The summed E-state index contributed by atoms with van der Waals surface area (Å²) >= 11 is 0. The van der Waals surface area contributed by atoms with Gasteiger partial charge in [0.1, 0.15) is 12.4 Å². The summed E-state index contributed by atoms with van der Waals surface area (Å²) in [6, 6.07) is 4.80. The lowest BCUT2D eigenvalue weighted by Gasteiger charge is -2.09. The van der Waals surface area contributed by atoms with Crippen LogP contribution in [-0.4, -0.2) is 30.8 Å². The van der Waals surface area contributed by atoms with Gasteiger partial charge in [0.2, 0.25) is 0 Å². The maximum atomic E-state index is 11.5. The number of aliphatic hydroxyl groups is 1. The molecule has 88 valence electrons. The van der Waals surface area contributed by atoms with Crippen LogP contribution in [0.15, 0.2) is 18.2 Å². The first-order chi connectivity index (χ1) is 7.69. The number of ether oxygens (including phenoxy) is 1. The summed E-state index contributed by atoms with van der Waals surface area (Å²) in [4.78, 5) is 11.5. The summed E-state index contributed by atoms with van der Waals surface area (Å²) in [7, 11) is 0. The Morgan fingerprint density at radius 1 is 1.56 bits per heavy atom. The highest BCUT2D eigenvalue weighted by atomic mass is 16.5. The second-order valence-electron chi connectivity index (χ2n) is 3.18. The molecule has 1 aromatic rings. The monoisotopic (exact) mass is 224 g/mol. The molecule has 0 aliphatic rings. The van der Waals surface area contributed by atoms with Gasteiger partial charge in [0.15, 0.2) is 0 Å². The number of amides is 1. The molecule has 0 atom stereocenters. The minimum absolute atomic E-state index is 0.0924. The topological polar surface area (TPSA) is 84.6 Å². The molecule has 0 spiro atoms. The summed E-state index contributed by atoms with van der Waals surface area (Å²) in [6.45, 7) is 2.47. The average Bonchev–Trinajstić information content (AvgIpc) is 2.28. The van der Waals surface area contributed by atoms with E-state index in [9.17, 15) is 4.79 Å². The second-order valence-corrected chi connectivity index (χ2v) is 3.18. The van der Waals surface area contributed by atoms with Gasteiger partial charge in [0.05, 0.1) is 12.3 Å². The van der Waals surface area contributed by atoms with Gasteiger partial charge in [0.25, 0.3) is 5.91 Å². The Morgan fingerprint density at radius 3 is 2.94 bits per heavy atom. The van der Waals surface area contributed by atoms with Crippen LogP contribution in [0.1, 0.15) is 17.3 Å². The zero-order valence-electron chi connectivity index (χ0n) is 9.19. The summed E-state index contributed by atoms with van der Waals surface area (Å²) in [5.41, 5.74) is 6.60. The van der Waals surface area contributed by atoms with Gasteiger partial charge < -0.3 is 20.9 Å². The number of nitrogens with one attached hydrogen (secondary N) is 1. The standard InChI is InChI=1S/C11H16N2O3/c1-2-13-11(15)8-3-4-9(12)10(7-8)16-6-5-14/h3-4,7,14H,2,5-6,12H2,1H3,(H,13,15). The Kier molecular flexibility index (Phi) is 4.60. The molecule has 0 aliphatic carbocycles. The molecule has 0 bridgehead atoms. The average molecular weight is 224 g/mol. The number of rotatable bonds is 5. The van der Waals surface area contributed by atoms with E-state index >= 15 is 0 Å². The van der Waals surface area contributed by atoms with Crippen molar-refractivity contribution in [2.24, 2.45) is 0 Å². The van der Waals surface area contributed by atoms with Crippen molar-refractivity contribution in [3.63, 3.8) is 0 Å². The molecule has 0 radical (unpaired) electrons. The number of hydrogen-bond donors (Lipinski definition) is 3. The predicted octanol–water partition coefficient (Wildman–Crippen LogP) is 0.390. The molecule has 16 heavy (non-hydrogen) atoms. The van der Waals surface area contributed by atoms with E-state index in [2.05, 4.69) is 5.32 Å². The molecule has 0 saturated heterocycles. The first kappa shape index (κ1) is 12.3. The van der Waals surface area contributed by atoms with Crippen molar-refractivity contribution in [2.75, 3.05) is 25.5 Å². The minimum atomic E-state index is -0.170. The van der Waals surface area contributed by atoms with Crippen molar-refractivity contribution in [1.82, 2.24) is 5.32 Å². The van der Waals surface area contributed by atoms with Crippen molar-refractivity contribution >= 4 is 11.6 Å². The maximum Gasteiger partial charge on any atom is 0.251 e. The number of hydrogen-bond acceptors (Lipinski definition) is 4. The van der Waals surface area contributed by atoms with Gasteiger partial charge in [-0.25, -0.2) is 0 Å². The summed E-state index contributed by atoms with van der Waals surface area (Å²) in [5, 5.41) is 11.3. The number of nitrogen functional groups attached to an aromatic ring is 1. The third-order valence-corrected chi connectivity index (χ3v) is 1.96. The van der Waals surface area contributed by atoms with Gasteiger partial charge in [0, 0.05) is 12.1 Å². The van der Waals surface area contributed by atoms with Crippen molar-refractivity contribution in [3.8, 4) is 5.75 Å². The predicted molar refractivity (Wildman–Crippen MR) is 61.4 cm³/mol. The lowest BCUT2D eigenvalue weighted by Crippen LogP contribution is -2.22. The van der Waals surface area contributed by atoms with Gasteiger partial charge in [-0.15, -0.1) is 0 Å². The van der Waals surface area contributed by atoms with Crippen molar-refractivity contribution in [2.45, 2.75) is 6.92 Å². The van der Waals surface area contributed by atoms with Crippen LogP contribution in [0.3, 0.4) is 0 Å². The van der Waals surface area contributed by atoms with Crippen molar-refractivity contribution in [1.29, 1.82) is 0 Å². The van der Waals surface area contributed by atoms with Gasteiger partial charge in [-0.1, -0.05) is 0 Å². The Morgan fingerprint density at radius 2 is 2.31 bits per heavy atom. The molecule has 0 aromatic heterocycles. The Bertz CT molecular complexity index is 366. The molecule has 1 amide bonds. The summed E-state index contributed by atoms with van der Waals surface area (Å²) in [5.74, 6) is 0.245. The number of anilines is 1. The fourth-order valence-electron chi connectivity index (χ4n) is 1.22. The van der Waals surface area contributed by atoms with Crippen LogP contribution in [0.5, 0.6) is 5.75 Å². The SMILES string of the molecule is CCNC(=O)c1ccc(N)c(OCCO)c1. The molecule has 4 N–H and O–H groups in total. The van der Waals surface area contributed by atoms with E-state index in [1.54, 1.807) is 18.2 Å². The fourth-order valence-corrected chi connectivity index (χ4v) is 1.22. The van der Waals surface area contributed by atoms with Crippen LogP contribution in [0, 0.1) is 0 Å². The number of carbonyl (C=O) groups excluding carboxylic acids is 1. The van der Waals surface area contributed by atoms with Crippen LogP contribution < -0.4 is 15.8 Å². The van der Waals surface area contributed by atoms with E-state index in [-0.39, 0.29) is 19.1 Å². The number of carbonyl (C=O) groups is 1. The zero-order chi connectivity index (χ0) is 12.0. The van der Waals surface area contributed by atoms with E-state index in [0.29, 0.717) is 23.5 Å². The molecule has 0 saturated carbocycles. The van der Waals surface area contributed by atoms with Gasteiger partial charge in [-0.3, -0.25) is 4.79 Å². The Hall–Kier alpha value is -1.75. The Labute approximate surface area is 94.2 Å². The number of benzene rings is 1. The highest BCUT2D eigenvalue weighted by molar-refractivity contribution is 5.95. The van der Waals surface area contributed by atoms with Crippen LogP contribution in [0.25, 0.3) is 0 Å². The molecular weight excluding hydrogens is 208 g/mol. The normalized spacial score (nSPS) is 9.88. The van der Waals surface area contributed by atoms with E-state index in [0.717, 1.165) is 0 Å². The Balaban J connectivity index is 2.84. The van der Waals surface area contributed by atoms with Gasteiger partial charge >= 0.3 is 0 Å². The molecule has 0 aliphatic heterocycles. The smallest absolute Gasteiger partial charge is 0.251 e. The molecule has 0 unspecified atom stereocenters. The lowest BCUT2D eigenvalue weighted by molar-refractivity contribution is 0.0955. The third-order valence-electron chi connectivity index (χ3n) is 1.96. The molecule has 1 aromatic carbocycles. The molecular formula is C11H16N2O3. The second kappa shape index (κ2) is 5.97. The van der Waals surface area contributed by atoms with Crippen LogP contribution >= 0.6 is 0 Å². The first-order valence-electron chi connectivity index (χ1n) is 5.10. The molecule has 1 rings (SSSR count). The first-order valence-corrected chi connectivity index (χ1v) is 5.10. The molecule has 5 nitrogen and oxygen atoms in total. The number of aliphatic hydroxyl groups excluding tert-OH is 1. The lowest BCUT2D eigenvalue weighted by atomic mass is 10.2.